The van der Waals surface area contributed by atoms with E-state index >= 15 is 0 Å². The van der Waals surface area contributed by atoms with Crippen molar-refractivity contribution in [1.82, 2.24) is 19.9 Å². The van der Waals surface area contributed by atoms with Crippen LogP contribution in [0.1, 0.15) is 156 Å². The molecule has 0 fully saturated rings. The summed E-state index contributed by atoms with van der Waals surface area (Å²) in [6, 6.07) is 122. The quantitative estimate of drug-likeness (QED) is 0.109. The summed E-state index contributed by atoms with van der Waals surface area (Å²) < 4.78 is 0. The van der Waals surface area contributed by atoms with E-state index in [0.29, 0.717) is 0 Å². The molecular weight excluding hydrogens is 1770 g/mol. The Morgan fingerprint density at radius 2 is 0.521 bits per heavy atom. The first-order valence-corrected chi connectivity index (χ1v) is 40.1. The number of benzene rings is 13. The van der Waals surface area contributed by atoms with Crippen LogP contribution >= 0.6 is 0 Å². The Kier molecular flexibility index (Phi) is 35.8. The molecule has 0 radical (unpaired) electrons. The average Bonchev–Trinajstić information content (AvgIpc) is 1.74. The monoisotopic (exact) mass is 1890 g/mol. The maximum absolute atomic E-state index is 5.09. The number of aromatic nitrogens is 4. The van der Waals surface area contributed by atoms with Gasteiger partial charge in [0.15, 0.2) is 0 Å². The van der Waals surface area contributed by atoms with E-state index in [9.17, 15) is 0 Å². The summed E-state index contributed by atoms with van der Waals surface area (Å²) in [4.78, 5) is 18.2. The van der Waals surface area contributed by atoms with Crippen LogP contribution in [0.15, 0.2) is 358 Å². The van der Waals surface area contributed by atoms with Gasteiger partial charge in [0.25, 0.3) is 0 Å². The van der Waals surface area contributed by atoms with Gasteiger partial charge in [-0.05, 0) is 161 Å². The average molecular weight is 1890 g/mol. The van der Waals surface area contributed by atoms with Gasteiger partial charge < -0.3 is 9.97 Å². The number of nitrogens with one attached hydrogen (secondary N) is 1. The molecule has 119 heavy (non-hydrogen) atoms. The number of aromatic amines is 1. The number of hydrogen-bond donors (Lipinski definition) is 1. The molecule has 0 saturated carbocycles. The summed E-state index contributed by atoms with van der Waals surface area (Å²) in [5.41, 5.74) is 23.7. The molecule has 4 heterocycles. The second-order valence-corrected chi connectivity index (χ2v) is 33.5. The van der Waals surface area contributed by atoms with Gasteiger partial charge in [0, 0.05) is 54.2 Å². The summed E-state index contributed by atoms with van der Waals surface area (Å²) in [7, 11) is 0. The van der Waals surface area contributed by atoms with Crippen molar-refractivity contribution in [2.75, 3.05) is 0 Å². The van der Waals surface area contributed by atoms with E-state index in [1.54, 1.807) is 0 Å². The molecule has 0 saturated heterocycles. The van der Waals surface area contributed by atoms with E-state index in [2.05, 4.69) is 258 Å². The van der Waals surface area contributed by atoms with Crippen LogP contribution in [0.25, 0.3) is 88.4 Å². The third-order valence-electron chi connectivity index (χ3n) is 19.4. The van der Waals surface area contributed by atoms with Crippen LogP contribution in [-0.4, -0.2) is 15.0 Å². The number of rotatable bonds is 4. The van der Waals surface area contributed by atoms with Crippen molar-refractivity contribution in [1.29, 1.82) is 0 Å². The van der Waals surface area contributed by atoms with Gasteiger partial charge >= 0.3 is 25.8 Å². The molecule has 0 aliphatic heterocycles. The fourth-order valence-electron chi connectivity index (χ4n) is 12.7. The van der Waals surface area contributed by atoms with Crippen molar-refractivity contribution in [3.63, 3.8) is 0 Å². The molecule has 0 unspecified atom stereocenters. The van der Waals surface area contributed by atoms with Crippen molar-refractivity contribution in [2.24, 2.45) is 0 Å². The van der Waals surface area contributed by atoms with Crippen LogP contribution < -0.4 is 4.98 Å². The van der Waals surface area contributed by atoms with E-state index < -0.39 is 0 Å². The Bertz CT molecular complexity index is 5260. The molecule has 0 aliphatic carbocycles. The third-order valence-corrected chi connectivity index (χ3v) is 19.4. The zero-order chi connectivity index (χ0) is 84.3. The van der Waals surface area contributed by atoms with Crippen LogP contribution in [0.2, 0.25) is 0 Å². The smallest absolute Gasteiger partial charge is 0.656 e. The minimum absolute atomic E-state index is 0. The van der Waals surface area contributed by atoms with Gasteiger partial charge in [-0.15, -0.1) is 96.3 Å². The number of aryl methyl sites for hydroxylation is 2. The second kappa shape index (κ2) is 45.0. The molecule has 600 valence electrons. The minimum Gasteiger partial charge on any atom is -0.656 e. The van der Waals surface area contributed by atoms with Crippen molar-refractivity contribution in [2.45, 2.75) is 119 Å². The maximum Gasteiger partial charge on any atom is 4.00 e. The predicted molar refractivity (Wildman–Crippen MR) is 508 cm³/mol. The Morgan fingerprint density at radius 1 is 0.244 bits per heavy atom. The summed E-state index contributed by atoms with van der Waals surface area (Å²) in [6.45, 7) is 57.4. The molecule has 0 aliphatic rings. The number of H-pyrrole nitrogens is 1. The zero-order valence-electron chi connectivity index (χ0n) is 72.4. The maximum atomic E-state index is 5.09. The van der Waals surface area contributed by atoms with Crippen molar-refractivity contribution in [3.05, 3.63) is 479 Å². The first-order valence-electron chi connectivity index (χ1n) is 40.1. The van der Waals surface area contributed by atoms with Crippen LogP contribution in [-0.2, 0) is 73.3 Å². The number of nitrogens with zero attached hydrogens (tertiary/aromatic N) is 3. The van der Waals surface area contributed by atoms with Crippen LogP contribution in [0.4, 0.5) is 0 Å². The molecule has 0 atom stereocenters. The number of hydrogen-bond acceptors (Lipinski definition) is 2. The van der Waals surface area contributed by atoms with Crippen LogP contribution in [0.3, 0.4) is 0 Å². The van der Waals surface area contributed by atoms with E-state index in [-0.39, 0.29) is 73.3 Å². The molecule has 0 bridgehead atoms. The van der Waals surface area contributed by atoms with Gasteiger partial charge in [-0.1, -0.05) is 217 Å². The summed E-state index contributed by atoms with van der Waals surface area (Å²) in [5.74, 6) is 0. The number of fused-ring (bicyclic) bond motifs is 4. The fourth-order valence-corrected chi connectivity index (χ4v) is 12.7. The van der Waals surface area contributed by atoms with Gasteiger partial charge in [0.05, 0.1) is 11.4 Å². The van der Waals surface area contributed by atoms with Gasteiger partial charge in [-0.3, -0.25) is 9.97 Å². The van der Waals surface area contributed by atoms with E-state index in [1.165, 1.54) is 76.5 Å². The Balaban J connectivity index is 0.000000208. The van der Waals surface area contributed by atoms with Crippen molar-refractivity contribution < 1.29 is 51.7 Å². The van der Waals surface area contributed by atoms with Gasteiger partial charge in [-0.25, -0.2) is 0 Å². The SMILES string of the molecule is Cc1cccc(-c2ccc(-c3c4ccc(C(C)(C)C)cc4cc4ccc(C(C)(C)C)cc34)[n-]2)n1.Cc1cccc(-c2ccc(-c3c4ccc(C(C)(C)C)cc4cc4ccc(C(C)(C)C)cc34)[nH]2)n1.[CH2-]c1ccccc1.[CH2-]c1ccccc1.[CH2-]c1ccccc1.[CH2-]c1ccccc1.[CH2-]c1ccccc1.[CH2-]c1ccccc1.[CH2-]c1ccccc1.[Hf+4].[Hf]. The Hall–Kier alpha value is -11.4. The topological polar surface area (TPSA) is 55.7 Å². The molecule has 0 spiro atoms. The predicted octanol–water partition coefficient (Wildman–Crippen LogP) is 30.6. The minimum atomic E-state index is 0. The molecule has 1 N–H and O–H groups in total. The fraction of sp³-hybridized carbons (Fsp3) is 0.159. The van der Waals surface area contributed by atoms with E-state index in [1.807, 2.05) is 250 Å². The number of pyridine rings is 2. The largest absolute Gasteiger partial charge is 4.00 e. The summed E-state index contributed by atoms with van der Waals surface area (Å²) >= 11 is 0. The van der Waals surface area contributed by atoms with Crippen molar-refractivity contribution in [3.8, 4) is 45.3 Å². The Morgan fingerprint density at radius 3 is 0.832 bits per heavy atom. The second-order valence-electron chi connectivity index (χ2n) is 33.5. The molecule has 4 aromatic heterocycles. The first-order chi connectivity index (χ1) is 55.8. The van der Waals surface area contributed by atoms with E-state index in [4.69, 9.17) is 15.0 Å². The molecular formula is C113H116Hf2N4-4. The molecule has 13 aromatic carbocycles. The van der Waals surface area contributed by atoms with Crippen LogP contribution in [0.5, 0.6) is 0 Å². The van der Waals surface area contributed by atoms with Gasteiger partial charge in [0.1, 0.15) is 0 Å². The zero-order valence-corrected chi connectivity index (χ0v) is 79.5. The van der Waals surface area contributed by atoms with Crippen LogP contribution in [0, 0.1) is 62.3 Å². The first kappa shape index (κ1) is 94.7. The molecule has 6 heteroatoms. The van der Waals surface area contributed by atoms with E-state index in [0.717, 1.165) is 84.5 Å². The van der Waals surface area contributed by atoms with Crippen molar-refractivity contribution >= 4 is 43.1 Å². The molecule has 17 rings (SSSR count). The summed E-state index contributed by atoms with van der Waals surface area (Å²) in [5, 5.41) is 10.1. The van der Waals surface area contributed by atoms with Gasteiger partial charge in [-0.2, -0.15) is 172 Å². The molecule has 17 aromatic rings. The third kappa shape index (κ3) is 29.6. The molecule has 4 nitrogen and oxygen atoms in total. The summed E-state index contributed by atoms with van der Waals surface area (Å²) in [6.07, 6.45) is 0. The Labute approximate surface area is 751 Å². The molecule has 0 amide bonds. The van der Waals surface area contributed by atoms with Gasteiger partial charge in [0.2, 0.25) is 0 Å². The standard InChI is InChI=1S/C32H34N2.C32H33N2.7C7H7.2Hf/c2*1-20-9-8-10-27(33-20)28-15-16-29(34-28)30-25-14-13-23(31(2,3)4)18-22(25)17-21-11-12-24(19-26(21)30)32(5,6)7;7*1-7-5-3-2-4-6-7;;/h8-19,34H,1-7H3;8-19H,1-7H3;7*2-6H,1H2;;/q;8*-1;;+4. The normalized spacial score (nSPS) is 10.7.